The second-order valence-electron chi connectivity index (χ2n) is 4.21. The van der Waals surface area contributed by atoms with Crippen LogP contribution in [0.3, 0.4) is 0 Å². The average Bonchev–Trinajstić information content (AvgIpc) is 2.71. The Hall–Kier alpha value is -1.86. The summed E-state index contributed by atoms with van der Waals surface area (Å²) in [6, 6.07) is 7.47. The summed E-state index contributed by atoms with van der Waals surface area (Å²) in [6.07, 6.45) is 1.66. The van der Waals surface area contributed by atoms with Crippen LogP contribution in [0.15, 0.2) is 35.5 Å². The zero-order valence-electron chi connectivity index (χ0n) is 10.7. The molecule has 1 heterocycles. The quantitative estimate of drug-likeness (QED) is 0.901. The topological polar surface area (TPSA) is 87.2 Å². The fraction of sp³-hybridized carbons (Fsp3) is 0.250. The van der Waals surface area contributed by atoms with Gasteiger partial charge in [-0.3, -0.25) is 4.68 Å². The van der Waals surface area contributed by atoms with E-state index in [9.17, 15) is 8.42 Å². The van der Waals surface area contributed by atoms with Crippen molar-refractivity contribution >= 4 is 10.0 Å². The molecule has 0 aliphatic rings. The lowest BCUT2D eigenvalue weighted by atomic mass is 10.2. The first-order chi connectivity index (χ1) is 8.90. The minimum absolute atomic E-state index is 0.0824. The van der Waals surface area contributed by atoms with Gasteiger partial charge < -0.3 is 4.74 Å². The van der Waals surface area contributed by atoms with Gasteiger partial charge in [0, 0.05) is 11.8 Å². The van der Waals surface area contributed by atoms with Crippen molar-refractivity contribution in [3.63, 3.8) is 0 Å². The lowest BCUT2D eigenvalue weighted by Crippen LogP contribution is -2.14. The summed E-state index contributed by atoms with van der Waals surface area (Å²) in [7, 11) is -2.17. The van der Waals surface area contributed by atoms with Crippen LogP contribution >= 0.6 is 0 Å². The zero-order valence-corrected chi connectivity index (χ0v) is 11.5. The van der Waals surface area contributed by atoms with E-state index in [2.05, 4.69) is 5.10 Å². The van der Waals surface area contributed by atoms with Crippen molar-refractivity contribution < 1.29 is 13.2 Å². The van der Waals surface area contributed by atoms with Crippen molar-refractivity contribution in [2.24, 2.45) is 5.14 Å². The summed E-state index contributed by atoms with van der Waals surface area (Å²) in [4.78, 5) is 0. The number of primary sulfonamides is 1. The molecule has 0 saturated carbocycles. The number of ether oxygens (including phenoxy) is 1. The molecular formula is C12H15N3O3S. The van der Waals surface area contributed by atoms with E-state index in [0.717, 1.165) is 11.3 Å². The minimum Gasteiger partial charge on any atom is -0.497 e. The highest BCUT2D eigenvalue weighted by molar-refractivity contribution is 7.89. The van der Waals surface area contributed by atoms with Crippen molar-refractivity contribution in [1.29, 1.82) is 0 Å². The van der Waals surface area contributed by atoms with Gasteiger partial charge in [0.25, 0.3) is 10.0 Å². The Morgan fingerprint density at radius 3 is 2.42 bits per heavy atom. The molecule has 0 aliphatic heterocycles. The number of nitrogens with two attached hydrogens (primary N) is 1. The Bertz CT molecular complexity index is 675. The summed E-state index contributed by atoms with van der Waals surface area (Å²) in [5.74, 6) is 0.769. The van der Waals surface area contributed by atoms with Gasteiger partial charge in [-0.1, -0.05) is 12.1 Å². The molecule has 0 spiro atoms. The molecular weight excluding hydrogens is 266 g/mol. The molecule has 0 radical (unpaired) electrons. The maximum atomic E-state index is 11.3. The maximum Gasteiger partial charge on any atom is 0.257 e. The molecule has 6 nitrogen and oxygen atoms in total. The lowest BCUT2D eigenvalue weighted by molar-refractivity contribution is 0.414. The molecule has 0 fully saturated rings. The first-order valence-corrected chi connectivity index (χ1v) is 7.14. The molecule has 2 aromatic rings. The fourth-order valence-corrected chi connectivity index (χ4v) is 2.50. The number of nitrogens with zero attached hydrogens (tertiary/aromatic N) is 2. The number of sulfonamides is 1. The van der Waals surface area contributed by atoms with E-state index in [1.807, 2.05) is 24.3 Å². The molecule has 2 N–H and O–H groups in total. The highest BCUT2D eigenvalue weighted by Gasteiger charge is 2.16. The van der Waals surface area contributed by atoms with Crippen molar-refractivity contribution in [3.05, 3.63) is 41.6 Å². The smallest absolute Gasteiger partial charge is 0.257 e. The van der Waals surface area contributed by atoms with Crippen LogP contribution < -0.4 is 9.88 Å². The third-order valence-electron chi connectivity index (χ3n) is 2.67. The summed E-state index contributed by atoms with van der Waals surface area (Å²) < 4.78 is 29.2. The highest BCUT2D eigenvalue weighted by Crippen LogP contribution is 2.14. The van der Waals surface area contributed by atoms with E-state index in [1.54, 1.807) is 24.9 Å². The third kappa shape index (κ3) is 3.12. The van der Waals surface area contributed by atoms with E-state index in [0.29, 0.717) is 12.1 Å². The molecule has 0 saturated heterocycles. The van der Waals surface area contributed by atoms with Crippen LogP contribution in [0.5, 0.6) is 5.75 Å². The predicted octanol–water partition coefficient (Wildman–Crippen LogP) is 0.896. The second-order valence-corrected chi connectivity index (χ2v) is 5.68. The molecule has 1 aromatic heterocycles. The number of benzene rings is 1. The first-order valence-electron chi connectivity index (χ1n) is 5.60. The monoisotopic (exact) mass is 281 g/mol. The van der Waals surface area contributed by atoms with Crippen LogP contribution in [0, 0.1) is 6.92 Å². The van der Waals surface area contributed by atoms with E-state index in [1.165, 1.54) is 0 Å². The van der Waals surface area contributed by atoms with Gasteiger partial charge in [0.2, 0.25) is 0 Å². The Morgan fingerprint density at radius 2 is 1.95 bits per heavy atom. The van der Waals surface area contributed by atoms with E-state index >= 15 is 0 Å². The molecule has 2 rings (SSSR count). The van der Waals surface area contributed by atoms with Gasteiger partial charge in [0.15, 0.2) is 5.03 Å². The second kappa shape index (κ2) is 5.02. The Kier molecular flexibility index (Phi) is 3.59. The molecule has 0 bridgehead atoms. The number of hydrogen-bond donors (Lipinski definition) is 1. The normalized spacial score (nSPS) is 11.5. The molecule has 0 amide bonds. The summed E-state index contributed by atoms with van der Waals surface area (Å²) in [5, 5.41) is 8.99. The molecule has 7 heteroatoms. The van der Waals surface area contributed by atoms with E-state index < -0.39 is 10.0 Å². The van der Waals surface area contributed by atoms with Gasteiger partial charge >= 0.3 is 0 Å². The largest absolute Gasteiger partial charge is 0.497 e. The van der Waals surface area contributed by atoms with Crippen molar-refractivity contribution in [3.8, 4) is 5.75 Å². The number of methoxy groups -OCH3 is 1. The number of rotatable bonds is 4. The van der Waals surface area contributed by atoms with Crippen LogP contribution in [0.4, 0.5) is 0 Å². The van der Waals surface area contributed by atoms with Gasteiger partial charge in [-0.2, -0.15) is 5.10 Å². The fourth-order valence-electron chi connectivity index (χ4n) is 1.78. The van der Waals surface area contributed by atoms with Gasteiger partial charge in [0.05, 0.1) is 13.7 Å². The average molecular weight is 281 g/mol. The maximum absolute atomic E-state index is 11.3. The number of aryl methyl sites for hydroxylation is 1. The number of aromatic nitrogens is 2. The minimum atomic E-state index is -3.77. The van der Waals surface area contributed by atoms with Crippen LogP contribution in [0.2, 0.25) is 0 Å². The molecule has 0 unspecified atom stereocenters. The highest BCUT2D eigenvalue weighted by atomic mass is 32.2. The molecule has 19 heavy (non-hydrogen) atoms. The van der Waals surface area contributed by atoms with Crippen LogP contribution in [-0.2, 0) is 16.6 Å². The number of hydrogen-bond acceptors (Lipinski definition) is 4. The molecule has 1 aromatic carbocycles. The van der Waals surface area contributed by atoms with Gasteiger partial charge in [-0.15, -0.1) is 0 Å². The third-order valence-corrected chi connectivity index (χ3v) is 3.62. The van der Waals surface area contributed by atoms with Gasteiger partial charge in [0.1, 0.15) is 5.75 Å². The predicted molar refractivity (Wildman–Crippen MR) is 70.4 cm³/mol. The molecule has 102 valence electrons. The summed E-state index contributed by atoms with van der Waals surface area (Å²) >= 11 is 0. The van der Waals surface area contributed by atoms with Gasteiger partial charge in [-0.25, -0.2) is 13.6 Å². The SMILES string of the molecule is COc1ccc(Cn2cc(C)c(S(N)(=O)=O)n2)cc1. The van der Waals surface area contributed by atoms with Gasteiger partial charge in [-0.05, 0) is 24.6 Å². The molecule has 0 atom stereocenters. The van der Waals surface area contributed by atoms with Crippen molar-refractivity contribution in [2.45, 2.75) is 18.5 Å². The van der Waals surface area contributed by atoms with Crippen LogP contribution in [-0.4, -0.2) is 25.3 Å². The molecule has 0 aliphatic carbocycles. The van der Waals surface area contributed by atoms with Crippen molar-refractivity contribution in [2.75, 3.05) is 7.11 Å². The first kappa shape index (κ1) is 13.6. The Balaban J connectivity index is 2.24. The summed E-state index contributed by atoms with van der Waals surface area (Å²) in [5.41, 5.74) is 1.53. The van der Waals surface area contributed by atoms with E-state index in [4.69, 9.17) is 9.88 Å². The van der Waals surface area contributed by atoms with Crippen molar-refractivity contribution in [1.82, 2.24) is 9.78 Å². The zero-order chi connectivity index (χ0) is 14.0. The van der Waals surface area contributed by atoms with Crippen LogP contribution in [0.25, 0.3) is 0 Å². The van der Waals surface area contributed by atoms with Crippen LogP contribution in [0.1, 0.15) is 11.1 Å². The van der Waals surface area contributed by atoms with E-state index in [-0.39, 0.29) is 5.03 Å². The standard InChI is InChI=1S/C12H15N3O3S/c1-9-7-15(14-12(9)19(13,16)17)8-10-3-5-11(18-2)6-4-10/h3-7H,8H2,1-2H3,(H2,13,16,17). The summed E-state index contributed by atoms with van der Waals surface area (Å²) in [6.45, 7) is 2.14. The lowest BCUT2D eigenvalue weighted by Gasteiger charge is -2.03. The Labute approximate surface area is 111 Å². The Morgan fingerprint density at radius 1 is 1.32 bits per heavy atom.